The van der Waals surface area contributed by atoms with Gasteiger partial charge in [-0.25, -0.2) is 9.78 Å². The van der Waals surface area contributed by atoms with E-state index in [1.807, 2.05) is 61.5 Å². The summed E-state index contributed by atoms with van der Waals surface area (Å²) in [6.07, 6.45) is 0. The lowest BCUT2D eigenvalue weighted by molar-refractivity contribution is 0.0398. The van der Waals surface area contributed by atoms with Crippen LogP contribution in [-0.2, 0) is 11.3 Å². The predicted octanol–water partition coefficient (Wildman–Crippen LogP) is 4.02. The van der Waals surface area contributed by atoms with Crippen LogP contribution in [0.3, 0.4) is 0 Å². The van der Waals surface area contributed by atoms with E-state index in [4.69, 9.17) is 9.47 Å². The third-order valence-corrected chi connectivity index (χ3v) is 6.27. The van der Waals surface area contributed by atoms with E-state index in [-0.39, 0.29) is 5.56 Å². The van der Waals surface area contributed by atoms with E-state index < -0.39 is 5.97 Å². The number of aryl methyl sites for hydroxylation is 1. The van der Waals surface area contributed by atoms with Crippen molar-refractivity contribution in [3.8, 4) is 11.5 Å². The largest absolute Gasteiger partial charge is 0.478 e. The fourth-order valence-corrected chi connectivity index (χ4v) is 4.32. The summed E-state index contributed by atoms with van der Waals surface area (Å²) < 4.78 is 13.1. The number of nitrogens with one attached hydrogen (secondary N) is 1. The third-order valence-electron chi connectivity index (χ3n) is 6.27. The monoisotopic (exact) mass is 487 g/mol. The highest BCUT2D eigenvalue weighted by atomic mass is 16.5. The molecule has 36 heavy (non-hydrogen) atoms. The molecule has 3 heterocycles. The molecule has 9 heteroatoms. The van der Waals surface area contributed by atoms with Crippen LogP contribution in [0.25, 0.3) is 11.0 Å². The van der Waals surface area contributed by atoms with Gasteiger partial charge in [0.1, 0.15) is 17.3 Å². The second-order valence-corrected chi connectivity index (χ2v) is 8.74. The first kappa shape index (κ1) is 23.8. The number of aromatic carboxylic acids is 1. The fraction of sp³-hybridized carbons (Fsp3) is 0.296. The van der Waals surface area contributed by atoms with Crippen LogP contribution in [0.2, 0.25) is 0 Å². The predicted molar refractivity (Wildman–Crippen MR) is 137 cm³/mol. The number of hydrogen-bond acceptors (Lipinski definition) is 7. The Balaban J connectivity index is 1.32. The van der Waals surface area contributed by atoms with Gasteiger partial charge in [-0.3, -0.25) is 9.58 Å². The maximum atomic E-state index is 12.1. The van der Waals surface area contributed by atoms with Gasteiger partial charge in [-0.05, 0) is 42.8 Å². The fourth-order valence-electron chi connectivity index (χ4n) is 4.32. The van der Waals surface area contributed by atoms with Crippen molar-refractivity contribution in [2.45, 2.75) is 13.5 Å². The number of carboxylic acids is 1. The summed E-state index contributed by atoms with van der Waals surface area (Å²) >= 11 is 0. The highest BCUT2D eigenvalue weighted by molar-refractivity contribution is 6.03. The molecule has 186 valence electrons. The van der Waals surface area contributed by atoms with Crippen molar-refractivity contribution in [2.24, 2.45) is 0 Å². The normalized spacial score (nSPS) is 14.1. The van der Waals surface area contributed by atoms with Gasteiger partial charge in [0.05, 0.1) is 30.7 Å². The zero-order valence-electron chi connectivity index (χ0n) is 20.2. The van der Waals surface area contributed by atoms with Crippen LogP contribution in [-0.4, -0.2) is 70.1 Å². The van der Waals surface area contributed by atoms with Gasteiger partial charge in [0.2, 0.25) is 0 Å². The summed E-state index contributed by atoms with van der Waals surface area (Å²) in [5.74, 6) is 1.04. The molecule has 1 aliphatic heterocycles. The number of nitrogens with zero attached hydrogens (tertiary/aromatic N) is 4. The van der Waals surface area contributed by atoms with E-state index in [1.165, 1.54) is 0 Å². The molecule has 4 aromatic rings. The van der Waals surface area contributed by atoms with Crippen molar-refractivity contribution < 1.29 is 19.4 Å². The third kappa shape index (κ3) is 5.48. The molecule has 0 amide bonds. The minimum Gasteiger partial charge on any atom is -0.478 e. The van der Waals surface area contributed by atoms with Crippen molar-refractivity contribution >= 4 is 22.8 Å². The molecule has 0 spiro atoms. The second-order valence-electron chi connectivity index (χ2n) is 8.74. The van der Waals surface area contributed by atoms with E-state index in [0.717, 1.165) is 55.6 Å². The molecule has 1 fully saturated rings. The number of ether oxygens (including phenoxy) is 2. The molecule has 2 aromatic carbocycles. The van der Waals surface area contributed by atoms with Gasteiger partial charge in [0, 0.05) is 31.9 Å². The summed E-state index contributed by atoms with van der Waals surface area (Å²) in [6, 6.07) is 19.0. The first-order chi connectivity index (χ1) is 17.6. The topological polar surface area (TPSA) is 102 Å². The van der Waals surface area contributed by atoms with Crippen LogP contribution < -0.4 is 10.1 Å². The molecule has 2 aromatic heterocycles. The molecule has 0 bridgehead atoms. The van der Waals surface area contributed by atoms with Gasteiger partial charge in [-0.1, -0.05) is 30.3 Å². The molecule has 0 aliphatic carbocycles. The lowest BCUT2D eigenvalue weighted by Crippen LogP contribution is -2.39. The molecule has 2 N–H and O–H groups in total. The standard InChI is InChI=1S/C27H29N5O4/c1-19-25-23(27(33)34)17-24(28-11-12-31-13-15-35-16-14-31)29-26(25)30-32(19)18-20-7-9-22(10-8-20)36-21-5-3-2-4-6-21/h2-10,17H,11-16,18H2,1H3,(H,33,34)(H,28,29,30). The molecule has 1 aliphatic rings. The summed E-state index contributed by atoms with van der Waals surface area (Å²) in [5.41, 5.74) is 2.40. The van der Waals surface area contributed by atoms with E-state index in [1.54, 1.807) is 10.7 Å². The summed E-state index contributed by atoms with van der Waals surface area (Å²) in [7, 11) is 0. The maximum absolute atomic E-state index is 12.1. The van der Waals surface area contributed by atoms with Crippen molar-refractivity contribution in [1.29, 1.82) is 0 Å². The second kappa shape index (κ2) is 10.8. The Morgan fingerprint density at radius 1 is 1.08 bits per heavy atom. The number of hydrogen-bond donors (Lipinski definition) is 2. The van der Waals surface area contributed by atoms with Crippen LogP contribution in [0.1, 0.15) is 21.6 Å². The van der Waals surface area contributed by atoms with Crippen LogP contribution in [0.5, 0.6) is 11.5 Å². The maximum Gasteiger partial charge on any atom is 0.336 e. The SMILES string of the molecule is Cc1c2c(C(=O)O)cc(NCCN3CCOCC3)nc2nn1Cc1ccc(Oc2ccccc2)cc1. The number of aromatic nitrogens is 3. The quantitative estimate of drug-likeness (QED) is 0.365. The van der Waals surface area contributed by atoms with Gasteiger partial charge in [-0.15, -0.1) is 0 Å². The van der Waals surface area contributed by atoms with Crippen molar-refractivity contribution in [3.63, 3.8) is 0 Å². The Bertz CT molecular complexity index is 1330. The number of carboxylic acid groups (broad SMARTS) is 1. The smallest absolute Gasteiger partial charge is 0.336 e. The number of anilines is 1. The Hall–Kier alpha value is -3.95. The summed E-state index contributed by atoms with van der Waals surface area (Å²) in [5, 5.41) is 18.4. The molecular formula is C27H29N5O4. The Morgan fingerprint density at radius 2 is 1.81 bits per heavy atom. The minimum absolute atomic E-state index is 0.198. The number of para-hydroxylation sites is 1. The van der Waals surface area contributed by atoms with Gasteiger partial charge < -0.3 is 19.9 Å². The van der Waals surface area contributed by atoms with Gasteiger partial charge >= 0.3 is 5.97 Å². The van der Waals surface area contributed by atoms with E-state index in [9.17, 15) is 9.90 Å². The van der Waals surface area contributed by atoms with Crippen LogP contribution in [0, 0.1) is 6.92 Å². The first-order valence-corrected chi connectivity index (χ1v) is 12.0. The minimum atomic E-state index is -0.997. The number of morpholine rings is 1. The van der Waals surface area contributed by atoms with Crippen molar-refractivity contribution in [2.75, 3.05) is 44.7 Å². The molecule has 0 radical (unpaired) electrons. The van der Waals surface area contributed by atoms with Gasteiger partial charge in [-0.2, -0.15) is 5.10 Å². The average molecular weight is 488 g/mol. The lowest BCUT2D eigenvalue weighted by atomic mass is 10.1. The number of rotatable bonds is 9. The lowest BCUT2D eigenvalue weighted by Gasteiger charge is -2.26. The molecule has 0 atom stereocenters. The number of benzene rings is 2. The van der Waals surface area contributed by atoms with Gasteiger partial charge in [0.15, 0.2) is 5.65 Å². The molecule has 5 rings (SSSR count). The molecule has 1 saturated heterocycles. The first-order valence-electron chi connectivity index (χ1n) is 12.0. The van der Waals surface area contributed by atoms with Crippen LogP contribution >= 0.6 is 0 Å². The zero-order valence-corrected chi connectivity index (χ0v) is 20.2. The molecular weight excluding hydrogens is 458 g/mol. The van der Waals surface area contributed by atoms with Crippen LogP contribution in [0.15, 0.2) is 60.7 Å². The number of pyridine rings is 1. The Morgan fingerprint density at radius 3 is 2.53 bits per heavy atom. The van der Waals surface area contributed by atoms with Gasteiger partial charge in [0.25, 0.3) is 0 Å². The van der Waals surface area contributed by atoms with Crippen LogP contribution in [0.4, 0.5) is 5.82 Å². The van der Waals surface area contributed by atoms with E-state index in [2.05, 4.69) is 20.3 Å². The summed E-state index contributed by atoms with van der Waals surface area (Å²) in [4.78, 5) is 19.0. The molecule has 0 unspecified atom stereocenters. The highest BCUT2D eigenvalue weighted by Gasteiger charge is 2.19. The molecule has 9 nitrogen and oxygen atoms in total. The van der Waals surface area contributed by atoms with Crippen molar-refractivity contribution in [3.05, 3.63) is 77.5 Å². The number of carbonyl (C=O) groups is 1. The van der Waals surface area contributed by atoms with Crippen molar-refractivity contribution in [1.82, 2.24) is 19.7 Å². The zero-order chi connectivity index (χ0) is 24.9. The van der Waals surface area contributed by atoms with E-state index >= 15 is 0 Å². The average Bonchev–Trinajstić information content (AvgIpc) is 3.20. The highest BCUT2D eigenvalue weighted by Crippen LogP contribution is 2.26. The Kier molecular flexibility index (Phi) is 7.11. The molecule has 0 saturated carbocycles. The Labute approximate surface area is 209 Å². The number of fused-ring (bicyclic) bond motifs is 1. The van der Waals surface area contributed by atoms with E-state index in [0.29, 0.717) is 29.9 Å². The summed E-state index contributed by atoms with van der Waals surface area (Å²) in [6.45, 7) is 7.15.